The van der Waals surface area contributed by atoms with Crippen molar-refractivity contribution >= 4 is 35.8 Å². The van der Waals surface area contributed by atoms with Crippen molar-refractivity contribution in [1.82, 2.24) is 15.1 Å². The molecule has 0 spiro atoms. The van der Waals surface area contributed by atoms with Gasteiger partial charge in [-0.3, -0.25) is 4.79 Å². The highest BCUT2D eigenvalue weighted by Gasteiger charge is 2.15. The molecular formula is C13H27IN4O2. The zero-order chi connectivity index (χ0) is 14.1. The molecule has 1 amide bonds. The van der Waals surface area contributed by atoms with Gasteiger partial charge in [-0.25, -0.2) is 4.99 Å². The maximum Gasteiger partial charge on any atom is 0.243 e. The number of guanidine groups is 1. The fraction of sp³-hybridized carbons (Fsp3) is 0.846. The molecule has 1 heterocycles. The van der Waals surface area contributed by atoms with E-state index in [4.69, 9.17) is 4.74 Å². The Morgan fingerprint density at radius 1 is 1.30 bits per heavy atom. The van der Waals surface area contributed by atoms with Crippen molar-refractivity contribution in [2.24, 2.45) is 4.99 Å². The molecule has 1 rings (SSSR count). The van der Waals surface area contributed by atoms with E-state index in [1.54, 1.807) is 26.1 Å². The average molecular weight is 398 g/mol. The minimum Gasteiger partial charge on any atom is -0.383 e. The molecule has 0 aromatic rings. The predicted molar refractivity (Wildman–Crippen MR) is 91.7 cm³/mol. The standard InChI is InChI=1S/C13H26N4O2.HI/c1-16(2)12(18)11-15-13(14-7-10-19-3)17-8-5-4-6-9-17;/h4-11H2,1-3H3,(H,14,15);1H. The zero-order valence-electron chi connectivity index (χ0n) is 12.7. The number of ether oxygens (including phenoxy) is 1. The number of piperidine rings is 1. The molecule has 118 valence electrons. The Hall–Kier alpha value is -0.570. The van der Waals surface area contributed by atoms with Gasteiger partial charge in [-0.1, -0.05) is 0 Å². The van der Waals surface area contributed by atoms with Crippen LogP contribution < -0.4 is 5.32 Å². The lowest BCUT2D eigenvalue weighted by Gasteiger charge is -2.30. The lowest BCUT2D eigenvalue weighted by Crippen LogP contribution is -2.45. The third-order valence-electron chi connectivity index (χ3n) is 3.11. The Kier molecular flexibility index (Phi) is 10.8. The van der Waals surface area contributed by atoms with E-state index in [0.29, 0.717) is 13.2 Å². The number of carbonyl (C=O) groups is 1. The second kappa shape index (κ2) is 11.1. The number of methoxy groups -OCH3 is 1. The van der Waals surface area contributed by atoms with Crippen molar-refractivity contribution in [3.05, 3.63) is 0 Å². The van der Waals surface area contributed by atoms with E-state index < -0.39 is 0 Å². The summed E-state index contributed by atoms with van der Waals surface area (Å²) in [5.74, 6) is 0.843. The number of halogens is 1. The fourth-order valence-corrected chi connectivity index (χ4v) is 1.92. The Bertz CT molecular complexity index is 305. The van der Waals surface area contributed by atoms with Crippen molar-refractivity contribution in [3.63, 3.8) is 0 Å². The highest BCUT2D eigenvalue weighted by atomic mass is 127. The van der Waals surface area contributed by atoms with Gasteiger partial charge in [-0.2, -0.15) is 0 Å². The maximum absolute atomic E-state index is 11.6. The molecule has 0 aromatic heterocycles. The van der Waals surface area contributed by atoms with Crippen molar-refractivity contribution in [2.75, 3.05) is 54.0 Å². The first kappa shape index (κ1) is 19.4. The number of hydrogen-bond acceptors (Lipinski definition) is 3. The minimum atomic E-state index is 0. The molecule has 0 bridgehead atoms. The summed E-state index contributed by atoms with van der Waals surface area (Å²) < 4.78 is 5.03. The van der Waals surface area contributed by atoms with Crippen LogP contribution in [-0.2, 0) is 9.53 Å². The van der Waals surface area contributed by atoms with Gasteiger partial charge < -0.3 is 19.9 Å². The largest absolute Gasteiger partial charge is 0.383 e. The van der Waals surface area contributed by atoms with Crippen molar-refractivity contribution in [2.45, 2.75) is 19.3 Å². The molecule has 7 heteroatoms. The average Bonchev–Trinajstić information content (AvgIpc) is 2.43. The van der Waals surface area contributed by atoms with E-state index in [1.165, 1.54) is 19.3 Å². The summed E-state index contributed by atoms with van der Waals surface area (Å²) in [6, 6.07) is 0. The lowest BCUT2D eigenvalue weighted by atomic mass is 10.1. The summed E-state index contributed by atoms with van der Waals surface area (Å²) >= 11 is 0. The zero-order valence-corrected chi connectivity index (χ0v) is 15.1. The molecule has 0 atom stereocenters. The van der Waals surface area contributed by atoms with Gasteiger partial charge in [-0.05, 0) is 19.3 Å². The summed E-state index contributed by atoms with van der Waals surface area (Å²) in [5, 5.41) is 3.26. The number of nitrogens with one attached hydrogen (secondary N) is 1. The van der Waals surface area contributed by atoms with Gasteiger partial charge in [0, 0.05) is 40.8 Å². The topological polar surface area (TPSA) is 57.2 Å². The van der Waals surface area contributed by atoms with Crippen LogP contribution >= 0.6 is 24.0 Å². The number of carbonyl (C=O) groups excluding carboxylic acids is 1. The van der Waals surface area contributed by atoms with Crippen LogP contribution in [0.1, 0.15) is 19.3 Å². The molecule has 1 saturated heterocycles. The second-order valence-corrected chi connectivity index (χ2v) is 4.90. The quantitative estimate of drug-likeness (QED) is 0.322. The van der Waals surface area contributed by atoms with Gasteiger partial charge in [0.15, 0.2) is 5.96 Å². The minimum absolute atomic E-state index is 0. The van der Waals surface area contributed by atoms with Gasteiger partial charge >= 0.3 is 0 Å². The van der Waals surface area contributed by atoms with Crippen LogP contribution in [0.2, 0.25) is 0 Å². The predicted octanol–water partition coefficient (Wildman–Crippen LogP) is 0.770. The number of amides is 1. The Balaban J connectivity index is 0.00000361. The Labute approximate surface area is 138 Å². The number of aliphatic imine (C=N–C) groups is 1. The fourth-order valence-electron chi connectivity index (χ4n) is 1.92. The molecule has 1 fully saturated rings. The molecule has 0 unspecified atom stereocenters. The molecule has 1 aliphatic heterocycles. The molecule has 20 heavy (non-hydrogen) atoms. The Morgan fingerprint density at radius 2 is 1.95 bits per heavy atom. The highest BCUT2D eigenvalue weighted by Crippen LogP contribution is 2.08. The summed E-state index contributed by atoms with van der Waals surface area (Å²) in [6.45, 7) is 3.55. The van der Waals surface area contributed by atoms with E-state index in [-0.39, 0.29) is 36.4 Å². The maximum atomic E-state index is 11.6. The van der Waals surface area contributed by atoms with E-state index in [1.807, 2.05) is 0 Å². The summed E-state index contributed by atoms with van der Waals surface area (Å²) in [4.78, 5) is 19.8. The van der Waals surface area contributed by atoms with Crippen LogP contribution in [0.4, 0.5) is 0 Å². The van der Waals surface area contributed by atoms with Crippen LogP contribution in [0.15, 0.2) is 4.99 Å². The SMILES string of the molecule is COCCNC(=NCC(=O)N(C)C)N1CCCCC1.I. The van der Waals surface area contributed by atoms with Crippen LogP contribution in [0.5, 0.6) is 0 Å². The third-order valence-corrected chi connectivity index (χ3v) is 3.11. The molecule has 1 N–H and O–H groups in total. The van der Waals surface area contributed by atoms with Gasteiger partial charge in [-0.15, -0.1) is 24.0 Å². The first-order valence-electron chi connectivity index (χ1n) is 6.87. The number of likely N-dealkylation sites (N-methyl/N-ethyl adjacent to an activating group) is 1. The van der Waals surface area contributed by atoms with Crippen LogP contribution in [0.25, 0.3) is 0 Å². The summed E-state index contributed by atoms with van der Waals surface area (Å²) in [6.07, 6.45) is 3.65. The molecule has 0 aliphatic carbocycles. The van der Waals surface area contributed by atoms with Crippen molar-refractivity contribution in [3.8, 4) is 0 Å². The van der Waals surface area contributed by atoms with E-state index >= 15 is 0 Å². The van der Waals surface area contributed by atoms with E-state index in [2.05, 4.69) is 15.2 Å². The van der Waals surface area contributed by atoms with Gasteiger partial charge in [0.05, 0.1) is 6.61 Å². The van der Waals surface area contributed by atoms with Crippen LogP contribution in [0.3, 0.4) is 0 Å². The highest BCUT2D eigenvalue weighted by molar-refractivity contribution is 14.0. The molecular weight excluding hydrogens is 371 g/mol. The summed E-state index contributed by atoms with van der Waals surface area (Å²) in [5.41, 5.74) is 0. The first-order valence-corrected chi connectivity index (χ1v) is 6.87. The van der Waals surface area contributed by atoms with E-state index in [0.717, 1.165) is 19.0 Å². The van der Waals surface area contributed by atoms with Crippen molar-refractivity contribution < 1.29 is 9.53 Å². The molecule has 0 saturated carbocycles. The molecule has 6 nitrogen and oxygen atoms in total. The smallest absolute Gasteiger partial charge is 0.243 e. The normalized spacial score (nSPS) is 15.6. The Morgan fingerprint density at radius 3 is 2.50 bits per heavy atom. The summed E-state index contributed by atoms with van der Waals surface area (Å²) in [7, 11) is 5.17. The van der Waals surface area contributed by atoms with Crippen molar-refractivity contribution in [1.29, 1.82) is 0 Å². The lowest BCUT2D eigenvalue weighted by molar-refractivity contribution is -0.127. The number of nitrogens with zero attached hydrogens (tertiary/aromatic N) is 3. The monoisotopic (exact) mass is 398 g/mol. The van der Waals surface area contributed by atoms with Crippen LogP contribution in [-0.4, -0.2) is 75.7 Å². The van der Waals surface area contributed by atoms with Gasteiger partial charge in [0.2, 0.25) is 5.91 Å². The van der Waals surface area contributed by atoms with Crippen LogP contribution in [0, 0.1) is 0 Å². The van der Waals surface area contributed by atoms with Gasteiger partial charge in [0.25, 0.3) is 0 Å². The molecule has 0 aromatic carbocycles. The first-order chi connectivity index (χ1) is 9.15. The third kappa shape index (κ3) is 7.28. The van der Waals surface area contributed by atoms with E-state index in [9.17, 15) is 4.79 Å². The molecule has 0 radical (unpaired) electrons. The number of hydrogen-bond donors (Lipinski definition) is 1. The second-order valence-electron chi connectivity index (χ2n) is 4.90. The number of rotatable bonds is 5. The molecule has 1 aliphatic rings. The number of likely N-dealkylation sites (tertiary alicyclic amines) is 1. The van der Waals surface area contributed by atoms with Gasteiger partial charge in [0.1, 0.15) is 6.54 Å².